The fourth-order valence-corrected chi connectivity index (χ4v) is 2.78. The van der Waals surface area contributed by atoms with Crippen molar-refractivity contribution in [3.8, 4) is 11.4 Å². The Morgan fingerprint density at radius 2 is 2.32 bits per heavy atom. The first-order valence-electron chi connectivity index (χ1n) is 5.96. The predicted octanol–water partition coefficient (Wildman–Crippen LogP) is 3.36. The molecule has 1 atom stereocenters. The van der Waals surface area contributed by atoms with Gasteiger partial charge in [0.15, 0.2) is 0 Å². The fraction of sp³-hybridized carbons (Fsp3) is 0.385. The molecular weight excluding hydrogens is 328 g/mol. The smallest absolute Gasteiger partial charge is 0.236 e. The molecule has 0 spiro atoms. The standard InChI is InChI=1S/C13H15BrN2O2S/c1-9(6-17)7-19-8-12-15-13(16-18-12)10-3-2-4-11(14)5-10/h2-5,9,17H,6-8H2,1H3. The number of aromatic nitrogens is 2. The topological polar surface area (TPSA) is 59.2 Å². The zero-order valence-corrected chi connectivity index (χ0v) is 12.9. The first kappa shape index (κ1) is 14.6. The summed E-state index contributed by atoms with van der Waals surface area (Å²) in [4.78, 5) is 4.36. The Hall–Kier alpha value is -0.850. The van der Waals surface area contributed by atoms with E-state index in [1.54, 1.807) is 11.8 Å². The highest BCUT2D eigenvalue weighted by Crippen LogP contribution is 2.22. The van der Waals surface area contributed by atoms with Gasteiger partial charge in [-0.1, -0.05) is 40.1 Å². The zero-order valence-electron chi connectivity index (χ0n) is 10.5. The van der Waals surface area contributed by atoms with E-state index in [9.17, 15) is 0 Å². The van der Waals surface area contributed by atoms with Gasteiger partial charge in [-0.15, -0.1) is 0 Å². The molecule has 0 aliphatic heterocycles. The van der Waals surface area contributed by atoms with Crippen molar-refractivity contribution in [1.82, 2.24) is 10.1 Å². The summed E-state index contributed by atoms with van der Waals surface area (Å²) in [6.45, 7) is 2.22. The summed E-state index contributed by atoms with van der Waals surface area (Å²) in [6, 6.07) is 7.79. The first-order chi connectivity index (χ1) is 9.19. The van der Waals surface area contributed by atoms with Crippen molar-refractivity contribution in [2.24, 2.45) is 5.92 Å². The molecule has 0 radical (unpaired) electrons. The predicted molar refractivity (Wildman–Crippen MR) is 79.8 cm³/mol. The number of thioether (sulfide) groups is 1. The van der Waals surface area contributed by atoms with Crippen molar-refractivity contribution >= 4 is 27.7 Å². The number of aliphatic hydroxyl groups excluding tert-OH is 1. The van der Waals surface area contributed by atoms with Gasteiger partial charge in [-0.3, -0.25) is 0 Å². The summed E-state index contributed by atoms with van der Waals surface area (Å²) in [5.74, 6) is 3.06. The Labute approximate surface area is 124 Å². The Balaban J connectivity index is 1.95. The minimum Gasteiger partial charge on any atom is -0.396 e. The van der Waals surface area contributed by atoms with Crippen LogP contribution in [0.3, 0.4) is 0 Å². The van der Waals surface area contributed by atoms with Gasteiger partial charge in [0, 0.05) is 16.6 Å². The lowest BCUT2D eigenvalue weighted by Gasteiger charge is -2.04. The third-order valence-electron chi connectivity index (χ3n) is 2.49. The number of aliphatic hydroxyl groups is 1. The van der Waals surface area contributed by atoms with Gasteiger partial charge in [-0.25, -0.2) is 0 Å². The summed E-state index contributed by atoms with van der Waals surface area (Å²) < 4.78 is 6.20. The van der Waals surface area contributed by atoms with E-state index in [4.69, 9.17) is 9.63 Å². The minimum absolute atomic E-state index is 0.208. The van der Waals surface area contributed by atoms with Gasteiger partial charge in [0.1, 0.15) is 0 Å². The molecule has 19 heavy (non-hydrogen) atoms. The first-order valence-corrected chi connectivity index (χ1v) is 7.91. The second kappa shape index (κ2) is 7.07. The Kier molecular flexibility index (Phi) is 5.42. The molecule has 1 N–H and O–H groups in total. The van der Waals surface area contributed by atoms with Crippen molar-refractivity contribution in [1.29, 1.82) is 0 Å². The molecule has 4 nitrogen and oxygen atoms in total. The highest BCUT2D eigenvalue weighted by molar-refractivity contribution is 9.10. The van der Waals surface area contributed by atoms with E-state index in [-0.39, 0.29) is 12.5 Å². The lowest BCUT2D eigenvalue weighted by atomic mass is 10.2. The van der Waals surface area contributed by atoms with Crippen LogP contribution in [0, 0.1) is 5.92 Å². The van der Waals surface area contributed by atoms with Crippen molar-refractivity contribution in [2.45, 2.75) is 12.7 Å². The van der Waals surface area contributed by atoms with Crippen molar-refractivity contribution in [3.05, 3.63) is 34.6 Å². The molecule has 2 rings (SSSR count). The zero-order chi connectivity index (χ0) is 13.7. The number of nitrogens with zero attached hydrogens (tertiary/aromatic N) is 2. The number of hydrogen-bond acceptors (Lipinski definition) is 5. The molecule has 0 saturated carbocycles. The number of hydrogen-bond donors (Lipinski definition) is 1. The lowest BCUT2D eigenvalue weighted by Crippen LogP contribution is -2.03. The normalized spacial score (nSPS) is 12.6. The molecule has 1 unspecified atom stereocenters. The van der Waals surface area contributed by atoms with Crippen LogP contribution in [0.4, 0.5) is 0 Å². The van der Waals surface area contributed by atoms with E-state index < -0.39 is 0 Å². The number of benzene rings is 1. The number of halogens is 1. The second-order valence-electron chi connectivity index (χ2n) is 4.32. The van der Waals surface area contributed by atoms with Crippen LogP contribution < -0.4 is 0 Å². The Morgan fingerprint density at radius 3 is 3.05 bits per heavy atom. The van der Waals surface area contributed by atoms with E-state index in [1.807, 2.05) is 31.2 Å². The molecule has 2 aromatic rings. The molecule has 0 saturated heterocycles. The van der Waals surface area contributed by atoms with E-state index in [2.05, 4.69) is 26.1 Å². The fourth-order valence-electron chi connectivity index (χ4n) is 1.46. The molecule has 0 aliphatic carbocycles. The molecule has 0 amide bonds. The molecule has 1 aromatic heterocycles. The van der Waals surface area contributed by atoms with E-state index in [1.165, 1.54) is 0 Å². The largest absolute Gasteiger partial charge is 0.396 e. The van der Waals surface area contributed by atoms with Crippen LogP contribution in [0.1, 0.15) is 12.8 Å². The highest BCUT2D eigenvalue weighted by Gasteiger charge is 2.09. The quantitative estimate of drug-likeness (QED) is 0.872. The van der Waals surface area contributed by atoms with Crippen LogP contribution in [-0.4, -0.2) is 27.6 Å². The van der Waals surface area contributed by atoms with Gasteiger partial charge >= 0.3 is 0 Å². The third kappa shape index (κ3) is 4.33. The summed E-state index contributed by atoms with van der Waals surface area (Å²) in [5, 5.41) is 12.9. The van der Waals surface area contributed by atoms with E-state index >= 15 is 0 Å². The molecule has 0 fully saturated rings. The van der Waals surface area contributed by atoms with Crippen LogP contribution in [0.2, 0.25) is 0 Å². The van der Waals surface area contributed by atoms with Crippen LogP contribution in [-0.2, 0) is 5.75 Å². The van der Waals surface area contributed by atoms with Gasteiger partial charge < -0.3 is 9.63 Å². The maximum absolute atomic E-state index is 8.94. The van der Waals surface area contributed by atoms with Crippen molar-refractivity contribution in [2.75, 3.05) is 12.4 Å². The second-order valence-corrected chi connectivity index (χ2v) is 6.27. The molecule has 0 bridgehead atoms. The molecule has 102 valence electrons. The number of rotatable bonds is 6. The van der Waals surface area contributed by atoms with Crippen molar-refractivity contribution < 1.29 is 9.63 Å². The van der Waals surface area contributed by atoms with E-state index in [0.29, 0.717) is 17.5 Å². The monoisotopic (exact) mass is 342 g/mol. The van der Waals surface area contributed by atoms with Gasteiger partial charge in [0.05, 0.1) is 5.75 Å². The summed E-state index contributed by atoms with van der Waals surface area (Å²) in [6.07, 6.45) is 0. The van der Waals surface area contributed by atoms with Gasteiger partial charge in [0.2, 0.25) is 11.7 Å². The minimum atomic E-state index is 0.208. The summed E-state index contributed by atoms with van der Waals surface area (Å²) in [5.41, 5.74) is 0.929. The van der Waals surface area contributed by atoms with Gasteiger partial charge in [0.25, 0.3) is 0 Å². The third-order valence-corrected chi connectivity index (χ3v) is 4.24. The Bertz CT molecular complexity index is 533. The van der Waals surface area contributed by atoms with Gasteiger partial charge in [-0.2, -0.15) is 16.7 Å². The SMILES string of the molecule is CC(CO)CSCc1nc(-c2cccc(Br)c2)no1. The summed E-state index contributed by atoms with van der Waals surface area (Å²) >= 11 is 5.10. The maximum atomic E-state index is 8.94. The van der Waals surface area contributed by atoms with E-state index in [0.717, 1.165) is 15.8 Å². The van der Waals surface area contributed by atoms with Crippen LogP contribution in [0.5, 0.6) is 0 Å². The van der Waals surface area contributed by atoms with Crippen LogP contribution in [0.25, 0.3) is 11.4 Å². The lowest BCUT2D eigenvalue weighted by molar-refractivity contribution is 0.250. The molecule has 6 heteroatoms. The van der Waals surface area contributed by atoms with Crippen LogP contribution in [0.15, 0.2) is 33.3 Å². The summed E-state index contributed by atoms with van der Waals surface area (Å²) in [7, 11) is 0. The average Bonchev–Trinajstić information content (AvgIpc) is 2.87. The van der Waals surface area contributed by atoms with Crippen molar-refractivity contribution in [3.63, 3.8) is 0 Å². The Morgan fingerprint density at radius 1 is 1.47 bits per heavy atom. The van der Waals surface area contributed by atoms with Gasteiger partial charge in [-0.05, 0) is 23.8 Å². The molecule has 1 heterocycles. The average molecular weight is 343 g/mol. The molecular formula is C13H15BrN2O2S. The highest BCUT2D eigenvalue weighted by atomic mass is 79.9. The maximum Gasteiger partial charge on any atom is 0.236 e. The molecule has 1 aromatic carbocycles. The van der Waals surface area contributed by atoms with Crippen LogP contribution >= 0.6 is 27.7 Å². The molecule has 0 aliphatic rings.